The molecule has 2 aromatic carbocycles. The van der Waals surface area contributed by atoms with Gasteiger partial charge in [0.05, 0.1) is 16.5 Å². The second-order valence-electron chi connectivity index (χ2n) is 7.49. The van der Waals surface area contributed by atoms with Crippen LogP contribution in [0.15, 0.2) is 82.5 Å². The number of Topliss-reactive ketones (excluding diaryl/α,β-unsaturated/α-hetero) is 1. The fraction of sp³-hybridized carbons (Fsp3) is 0.167. The normalized spacial score (nSPS) is 16.0. The lowest BCUT2D eigenvalue weighted by molar-refractivity contribution is -0.384. The fourth-order valence-corrected chi connectivity index (χ4v) is 3.82. The first-order valence-electron chi connectivity index (χ1n) is 10.0. The van der Waals surface area contributed by atoms with E-state index in [0.717, 1.165) is 5.56 Å². The molecular weight excluding hydrogens is 412 g/mol. The van der Waals surface area contributed by atoms with Gasteiger partial charge in [0.2, 0.25) is 5.78 Å². The Morgan fingerprint density at radius 2 is 1.78 bits per heavy atom. The summed E-state index contributed by atoms with van der Waals surface area (Å²) in [6, 6.07) is 17.3. The van der Waals surface area contributed by atoms with Crippen LogP contribution in [-0.2, 0) is 11.2 Å². The number of nitro benzene ring substituents is 1. The summed E-state index contributed by atoms with van der Waals surface area (Å²) in [6.07, 6.45) is 0.505. The lowest BCUT2D eigenvalue weighted by Crippen LogP contribution is -2.33. The third kappa shape index (κ3) is 3.90. The van der Waals surface area contributed by atoms with E-state index in [1.165, 1.54) is 35.2 Å². The number of hydrogen-bond acceptors (Lipinski definition) is 6. The maximum atomic E-state index is 13.2. The SMILES string of the molecule is Cc1ccc(C(=O)C2=C(O)C(=O)N(CCc3ccccc3)C2c2ccc([N+](=O)[O-])cc2)o1. The lowest BCUT2D eigenvalue weighted by Gasteiger charge is -2.26. The Morgan fingerprint density at radius 1 is 1.09 bits per heavy atom. The zero-order chi connectivity index (χ0) is 22.8. The molecule has 1 aromatic heterocycles. The first-order valence-corrected chi connectivity index (χ1v) is 10.0. The summed E-state index contributed by atoms with van der Waals surface area (Å²) in [4.78, 5) is 38.1. The van der Waals surface area contributed by atoms with Crippen LogP contribution in [0.25, 0.3) is 0 Å². The van der Waals surface area contributed by atoms with E-state index in [0.29, 0.717) is 17.7 Å². The van der Waals surface area contributed by atoms with Crippen LogP contribution in [0.4, 0.5) is 5.69 Å². The van der Waals surface area contributed by atoms with Crippen molar-refractivity contribution in [3.63, 3.8) is 0 Å². The molecule has 2 heterocycles. The predicted molar refractivity (Wildman–Crippen MR) is 115 cm³/mol. The molecule has 1 aliphatic rings. The molecule has 0 bridgehead atoms. The number of furan rings is 1. The predicted octanol–water partition coefficient (Wildman–Crippen LogP) is 4.32. The molecule has 3 aromatic rings. The minimum absolute atomic E-state index is 0.00803. The highest BCUT2D eigenvalue weighted by Crippen LogP contribution is 2.39. The van der Waals surface area contributed by atoms with E-state index in [1.807, 2.05) is 30.3 Å². The number of amides is 1. The molecule has 0 fully saturated rings. The average Bonchev–Trinajstić information content (AvgIpc) is 3.34. The molecular formula is C24H20N2O6. The number of carbonyl (C=O) groups excluding carboxylic acids is 2. The Kier molecular flexibility index (Phi) is 5.59. The standard InChI is InChI=1S/C24H20N2O6/c1-15-7-12-19(32-15)22(27)20-21(17-8-10-18(11-9-17)26(30)31)25(24(29)23(20)28)14-13-16-5-3-2-4-6-16/h2-12,21,28H,13-14H2,1H3. The second-order valence-corrected chi connectivity index (χ2v) is 7.49. The lowest BCUT2D eigenvalue weighted by atomic mass is 9.94. The van der Waals surface area contributed by atoms with Crippen molar-refractivity contribution in [2.24, 2.45) is 0 Å². The quantitative estimate of drug-likeness (QED) is 0.338. The molecule has 0 saturated carbocycles. The van der Waals surface area contributed by atoms with Gasteiger partial charge in [0.1, 0.15) is 5.76 Å². The van der Waals surface area contributed by atoms with Gasteiger partial charge in [0.25, 0.3) is 11.6 Å². The van der Waals surface area contributed by atoms with Crippen molar-refractivity contribution in [3.8, 4) is 0 Å². The Balaban J connectivity index is 1.73. The van der Waals surface area contributed by atoms with Crippen LogP contribution in [0.3, 0.4) is 0 Å². The topological polar surface area (TPSA) is 114 Å². The first kappa shape index (κ1) is 21.0. The molecule has 0 spiro atoms. The van der Waals surface area contributed by atoms with Crippen LogP contribution in [0.2, 0.25) is 0 Å². The van der Waals surface area contributed by atoms with E-state index in [-0.39, 0.29) is 23.6 Å². The van der Waals surface area contributed by atoms with E-state index in [9.17, 15) is 24.8 Å². The Hall–Kier alpha value is -4.20. The Labute approximate surface area is 183 Å². The van der Waals surface area contributed by atoms with Gasteiger partial charge in [0, 0.05) is 18.7 Å². The number of benzene rings is 2. The Morgan fingerprint density at radius 3 is 2.38 bits per heavy atom. The molecule has 8 heteroatoms. The van der Waals surface area contributed by atoms with Gasteiger partial charge in [-0.25, -0.2) is 0 Å². The Bertz CT molecular complexity index is 1210. The number of nitrogens with zero attached hydrogens (tertiary/aromatic N) is 2. The number of carbonyl (C=O) groups is 2. The van der Waals surface area contributed by atoms with Crippen LogP contribution in [0.5, 0.6) is 0 Å². The van der Waals surface area contributed by atoms with Gasteiger partial charge >= 0.3 is 0 Å². The minimum Gasteiger partial charge on any atom is -0.503 e. The number of nitro groups is 1. The largest absolute Gasteiger partial charge is 0.503 e. The maximum absolute atomic E-state index is 13.2. The van der Waals surface area contributed by atoms with E-state index in [1.54, 1.807) is 13.0 Å². The number of ketones is 1. The number of non-ortho nitro benzene ring substituents is 1. The maximum Gasteiger partial charge on any atom is 0.290 e. The molecule has 32 heavy (non-hydrogen) atoms. The summed E-state index contributed by atoms with van der Waals surface area (Å²) in [5.74, 6) is -1.38. The van der Waals surface area contributed by atoms with Crippen LogP contribution < -0.4 is 0 Å². The molecule has 1 amide bonds. The summed E-state index contributed by atoms with van der Waals surface area (Å²) in [5, 5.41) is 21.7. The van der Waals surface area contributed by atoms with Gasteiger partial charge in [-0.15, -0.1) is 0 Å². The summed E-state index contributed by atoms with van der Waals surface area (Å²) >= 11 is 0. The third-order valence-corrected chi connectivity index (χ3v) is 5.42. The van der Waals surface area contributed by atoms with Crippen molar-refractivity contribution in [3.05, 3.63) is 111 Å². The molecule has 1 unspecified atom stereocenters. The van der Waals surface area contributed by atoms with Gasteiger partial charge in [-0.3, -0.25) is 19.7 Å². The van der Waals surface area contributed by atoms with E-state index >= 15 is 0 Å². The summed E-state index contributed by atoms with van der Waals surface area (Å²) in [7, 11) is 0. The summed E-state index contributed by atoms with van der Waals surface area (Å²) < 4.78 is 5.43. The van der Waals surface area contributed by atoms with E-state index < -0.39 is 28.4 Å². The zero-order valence-electron chi connectivity index (χ0n) is 17.2. The van der Waals surface area contributed by atoms with Crippen molar-refractivity contribution in [2.45, 2.75) is 19.4 Å². The molecule has 0 radical (unpaired) electrons. The molecule has 1 aliphatic heterocycles. The monoisotopic (exact) mass is 432 g/mol. The highest BCUT2D eigenvalue weighted by molar-refractivity contribution is 6.15. The summed E-state index contributed by atoms with van der Waals surface area (Å²) in [6.45, 7) is 1.92. The first-order chi connectivity index (χ1) is 15.4. The zero-order valence-corrected chi connectivity index (χ0v) is 17.2. The van der Waals surface area contributed by atoms with Gasteiger partial charge in [-0.05, 0) is 48.7 Å². The van der Waals surface area contributed by atoms with E-state index in [2.05, 4.69) is 0 Å². The molecule has 1 N–H and O–H groups in total. The molecule has 0 saturated heterocycles. The van der Waals surface area contributed by atoms with Crippen molar-refractivity contribution >= 4 is 17.4 Å². The van der Waals surface area contributed by atoms with Crippen molar-refractivity contribution < 1.29 is 24.0 Å². The number of rotatable bonds is 7. The minimum atomic E-state index is -0.898. The van der Waals surface area contributed by atoms with Crippen molar-refractivity contribution in [2.75, 3.05) is 6.54 Å². The molecule has 0 aliphatic carbocycles. The molecule has 1 atom stereocenters. The average molecular weight is 432 g/mol. The van der Waals surface area contributed by atoms with E-state index in [4.69, 9.17) is 4.42 Å². The van der Waals surface area contributed by atoms with Gasteiger partial charge in [0.15, 0.2) is 11.5 Å². The molecule has 4 rings (SSSR count). The summed E-state index contributed by atoms with van der Waals surface area (Å²) in [5.41, 5.74) is 1.25. The van der Waals surface area contributed by atoms with Gasteiger partial charge < -0.3 is 14.4 Å². The third-order valence-electron chi connectivity index (χ3n) is 5.42. The number of aryl methyl sites for hydroxylation is 1. The number of aliphatic hydroxyl groups is 1. The van der Waals surface area contributed by atoms with Gasteiger partial charge in [-0.2, -0.15) is 0 Å². The van der Waals surface area contributed by atoms with Crippen LogP contribution in [-0.4, -0.2) is 33.2 Å². The smallest absolute Gasteiger partial charge is 0.290 e. The van der Waals surface area contributed by atoms with Crippen LogP contribution in [0.1, 0.15) is 33.5 Å². The van der Waals surface area contributed by atoms with Crippen LogP contribution >= 0.6 is 0 Å². The van der Waals surface area contributed by atoms with Crippen molar-refractivity contribution in [1.82, 2.24) is 4.90 Å². The van der Waals surface area contributed by atoms with Gasteiger partial charge in [-0.1, -0.05) is 30.3 Å². The number of hydrogen-bond donors (Lipinski definition) is 1. The highest BCUT2D eigenvalue weighted by Gasteiger charge is 2.44. The molecule has 8 nitrogen and oxygen atoms in total. The molecule has 162 valence electrons. The fourth-order valence-electron chi connectivity index (χ4n) is 3.82. The van der Waals surface area contributed by atoms with Crippen molar-refractivity contribution in [1.29, 1.82) is 0 Å². The highest BCUT2D eigenvalue weighted by atomic mass is 16.6. The number of aliphatic hydroxyl groups excluding tert-OH is 1. The second kappa shape index (κ2) is 8.50. The van der Waals surface area contributed by atoms with Crippen LogP contribution in [0, 0.1) is 17.0 Å².